The number of alkyl halides is 1. The van der Waals surface area contributed by atoms with E-state index < -0.39 is 6.17 Å². The molecule has 0 aromatic rings. The Bertz CT molecular complexity index is 128. The van der Waals surface area contributed by atoms with Crippen molar-refractivity contribution in [3.05, 3.63) is 0 Å². The van der Waals surface area contributed by atoms with Gasteiger partial charge in [-0.1, -0.05) is 20.8 Å². The molecule has 2 atom stereocenters. The van der Waals surface area contributed by atoms with Gasteiger partial charge in [-0.3, -0.25) is 0 Å². The Morgan fingerprint density at radius 3 is 2.36 bits per heavy atom. The van der Waals surface area contributed by atoms with E-state index in [1.807, 2.05) is 0 Å². The molecule has 0 saturated carbocycles. The molecule has 1 aliphatic rings. The lowest BCUT2D eigenvalue weighted by Crippen LogP contribution is -2.50. The molecular weight excluding hydrogens is 141 g/mol. The summed E-state index contributed by atoms with van der Waals surface area (Å²) in [6.45, 7) is 7.23. The third-order valence-corrected chi connectivity index (χ3v) is 2.32. The van der Waals surface area contributed by atoms with Gasteiger partial charge < -0.3 is 5.32 Å². The van der Waals surface area contributed by atoms with Crippen LogP contribution in [0, 0.1) is 5.41 Å². The summed E-state index contributed by atoms with van der Waals surface area (Å²) in [5, 5.41) is 3.23. The summed E-state index contributed by atoms with van der Waals surface area (Å²) in [4.78, 5) is 0. The third kappa shape index (κ3) is 2.16. The summed E-state index contributed by atoms with van der Waals surface area (Å²) in [6, 6.07) is 0.0521. The molecule has 1 N–H and O–H groups in total. The van der Waals surface area contributed by atoms with E-state index in [1.54, 1.807) is 0 Å². The molecule has 0 radical (unpaired) electrons. The summed E-state index contributed by atoms with van der Waals surface area (Å²) in [7, 11) is 0. The fourth-order valence-corrected chi connectivity index (χ4v) is 1.70. The highest BCUT2D eigenvalue weighted by atomic mass is 19.1. The molecule has 11 heavy (non-hydrogen) atoms. The molecule has 2 unspecified atom stereocenters. The monoisotopic (exact) mass is 159 g/mol. The van der Waals surface area contributed by atoms with E-state index in [1.165, 1.54) is 0 Å². The first-order chi connectivity index (χ1) is 5.02. The maximum atomic E-state index is 13.3. The zero-order valence-corrected chi connectivity index (χ0v) is 7.65. The van der Waals surface area contributed by atoms with Gasteiger partial charge in [-0.25, -0.2) is 4.39 Å². The number of piperidine rings is 1. The van der Waals surface area contributed by atoms with Crippen molar-refractivity contribution < 1.29 is 4.39 Å². The van der Waals surface area contributed by atoms with E-state index in [-0.39, 0.29) is 11.5 Å². The van der Waals surface area contributed by atoms with E-state index in [2.05, 4.69) is 26.1 Å². The molecule has 0 aromatic heterocycles. The minimum absolute atomic E-state index is 0.0521. The minimum atomic E-state index is -0.649. The predicted octanol–water partition coefficient (Wildman–Crippen LogP) is 2.12. The highest BCUT2D eigenvalue weighted by molar-refractivity contribution is 4.89. The summed E-state index contributed by atoms with van der Waals surface area (Å²) < 4.78 is 13.3. The van der Waals surface area contributed by atoms with Crippen molar-refractivity contribution in [2.45, 2.75) is 45.8 Å². The third-order valence-electron chi connectivity index (χ3n) is 2.32. The molecule has 0 aromatic carbocycles. The van der Waals surface area contributed by atoms with Gasteiger partial charge in [0, 0.05) is 6.04 Å². The van der Waals surface area contributed by atoms with Crippen molar-refractivity contribution in [3.8, 4) is 0 Å². The van der Waals surface area contributed by atoms with E-state index in [0.29, 0.717) is 0 Å². The van der Waals surface area contributed by atoms with Crippen LogP contribution >= 0.6 is 0 Å². The average Bonchev–Trinajstić information content (AvgIpc) is 1.86. The normalized spacial score (nSPS) is 33.8. The number of halogens is 1. The van der Waals surface area contributed by atoms with Crippen molar-refractivity contribution in [1.82, 2.24) is 5.32 Å². The molecule has 0 bridgehead atoms. The van der Waals surface area contributed by atoms with E-state index in [0.717, 1.165) is 19.4 Å². The van der Waals surface area contributed by atoms with E-state index in [9.17, 15) is 4.39 Å². The number of nitrogens with one attached hydrogen (secondary N) is 1. The van der Waals surface area contributed by atoms with E-state index >= 15 is 0 Å². The number of hydrogen-bond donors (Lipinski definition) is 1. The first kappa shape index (κ1) is 8.98. The summed E-state index contributed by atoms with van der Waals surface area (Å²) in [6.07, 6.45) is 1.06. The smallest absolute Gasteiger partial charge is 0.116 e. The second-order valence-corrected chi connectivity index (χ2v) is 4.46. The molecule has 0 aliphatic carbocycles. The summed E-state index contributed by atoms with van der Waals surface area (Å²) in [5.74, 6) is 0. The topological polar surface area (TPSA) is 12.0 Å². The molecular formula is C9H18FN. The Hall–Kier alpha value is -0.110. The standard InChI is InChI=1S/C9H18FN/c1-9(2,3)8-7(10)5-4-6-11-8/h7-8,11H,4-6H2,1-3H3. The van der Waals surface area contributed by atoms with Crippen LogP contribution < -0.4 is 5.32 Å². The van der Waals surface area contributed by atoms with Crippen molar-refractivity contribution >= 4 is 0 Å². The average molecular weight is 159 g/mol. The lowest BCUT2D eigenvalue weighted by Gasteiger charge is -2.37. The molecule has 0 amide bonds. The molecule has 1 aliphatic heterocycles. The van der Waals surface area contributed by atoms with Crippen LogP contribution in [0.1, 0.15) is 33.6 Å². The van der Waals surface area contributed by atoms with Crippen LogP contribution in [0.4, 0.5) is 4.39 Å². The van der Waals surface area contributed by atoms with E-state index in [4.69, 9.17) is 0 Å². The van der Waals surface area contributed by atoms with Crippen molar-refractivity contribution in [1.29, 1.82) is 0 Å². The Morgan fingerprint density at radius 1 is 1.36 bits per heavy atom. The second-order valence-electron chi connectivity index (χ2n) is 4.46. The van der Waals surface area contributed by atoms with Gasteiger partial charge in [0.2, 0.25) is 0 Å². The van der Waals surface area contributed by atoms with Gasteiger partial charge in [0.25, 0.3) is 0 Å². The van der Waals surface area contributed by atoms with Gasteiger partial charge in [0.1, 0.15) is 6.17 Å². The van der Waals surface area contributed by atoms with Gasteiger partial charge >= 0.3 is 0 Å². The highest BCUT2D eigenvalue weighted by Gasteiger charge is 2.33. The molecule has 1 heterocycles. The van der Waals surface area contributed by atoms with Gasteiger partial charge in [-0.2, -0.15) is 0 Å². The quantitative estimate of drug-likeness (QED) is 0.571. The maximum Gasteiger partial charge on any atom is 0.116 e. The lowest BCUT2D eigenvalue weighted by molar-refractivity contribution is 0.115. The Kier molecular flexibility index (Phi) is 2.53. The molecule has 1 saturated heterocycles. The SMILES string of the molecule is CC(C)(C)C1NCCCC1F. The van der Waals surface area contributed by atoms with Crippen molar-refractivity contribution in [2.75, 3.05) is 6.54 Å². The van der Waals surface area contributed by atoms with Crippen molar-refractivity contribution in [3.63, 3.8) is 0 Å². The van der Waals surface area contributed by atoms with Crippen LogP contribution in [-0.2, 0) is 0 Å². The molecule has 66 valence electrons. The molecule has 1 fully saturated rings. The summed E-state index contributed by atoms with van der Waals surface area (Å²) in [5.41, 5.74) is 0.0554. The zero-order chi connectivity index (χ0) is 8.48. The second kappa shape index (κ2) is 3.10. The molecule has 2 heteroatoms. The Balaban J connectivity index is 2.55. The number of hydrogen-bond acceptors (Lipinski definition) is 1. The lowest BCUT2D eigenvalue weighted by atomic mass is 9.81. The van der Waals surface area contributed by atoms with Gasteiger partial charge in [0.05, 0.1) is 0 Å². The molecule has 1 rings (SSSR count). The fourth-order valence-electron chi connectivity index (χ4n) is 1.70. The van der Waals surface area contributed by atoms with Crippen LogP contribution in [0.25, 0.3) is 0 Å². The van der Waals surface area contributed by atoms with Crippen LogP contribution in [-0.4, -0.2) is 18.8 Å². The van der Waals surface area contributed by atoms with Gasteiger partial charge in [-0.15, -0.1) is 0 Å². The largest absolute Gasteiger partial charge is 0.311 e. The maximum absolute atomic E-state index is 13.3. The Labute approximate surface area is 68.4 Å². The first-order valence-electron chi connectivity index (χ1n) is 4.39. The minimum Gasteiger partial charge on any atom is -0.311 e. The Morgan fingerprint density at radius 2 is 2.00 bits per heavy atom. The van der Waals surface area contributed by atoms with Crippen LogP contribution in [0.15, 0.2) is 0 Å². The van der Waals surface area contributed by atoms with Crippen LogP contribution in [0.5, 0.6) is 0 Å². The predicted molar refractivity (Wildman–Crippen MR) is 45.4 cm³/mol. The molecule has 0 spiro atoms. The highest BCUT2D eigenvalue weighted by Crippen LogP contribution is 2.27. The van der Waals surface area contributed by atoms with Crippen molar-refractivity contribution in [2.24, 2.45) is 5.41 Å². The first-order valence-corrected chi connectivity index (χ1v) is 4.39. The fraction of sp³-hybridized carbons (Fsp3) is 1.00. The van der Waals surface area contributed by atoms with Crippen LogP contribution in [0.2, 0.25) is 0 Å². The van der Waals surface area contributed by atoms with Gasteiger partial charge in [0.15, 0.2) is 0 Å². The van der Waals surface area contributed by atoms with Crippen LogP contribution in [0.3, 0.4) is 0 Å². The summed E-state index contributed by atoms with van der Waals surface area (Å²) >= 11 is 0. The molecule has 1 nitrogen and oxygen atoms in total. The number of rotatable bonds is 0. The zero-order valence-electron chi connectivity index (χ0n) is 7.65. The van der Waals surface area contributed by atoms with Gasteiger partial charge in [-0.05, 0) is 24.8 Å².